The van der Waals surface area contributed by atoms with Crippen LogP contribution in [-0.2, 0) is 0 Å². The molecule has 1 aromatic rings. The minimum Gasteiger partial charge on any atom is -0.207 e. The highest BCUT2D eigenvalue weighted by Gasteiger charge is 1.95. The van der Waals surface area contributed by atoms with Gasteiger partial charge in [0.2, 0.25) is 0 Å². The molecule has 0 heterocycles. The molecule has 0 bridgehead atoms. The molecule has 1 rings (SSSR count). The summed E-state index contributed by atoms with van der Waals surface area (Å²) in [5.41, 5.74) is 8.17. The van der Waals surface area contributed by atoms with Crippen LogP contribution >= 0.6 is 11.6 Å². The largest absolute Gasteiger partial charge is 0.207 e. The minimum absolute atomic E-state index is 0.178. The third-order valence-electron chi connectivity index (χ3n) is 1.01. The van der Waals surface area contributed by atoms with E-state index in [9.17, 15) is 4.39 Å². The average molecular weight is 172 g/mol. The zero-order valence-corrected chi connectivity index (χ0v) is 6.09. The van der Waals surface area contributed by atoms with Gasteiger partial charge in [-0.3, -0.25) is 0 Å². The van der Waals surface area contributed by atoms with Gasteiger partial charge in [0.1, 0.15) is 5.82 Å². The molecule has 0 atom stereocenters. The van der Waals surface area contributed by atoms with Gasteiger partial charge in [0.25, 0.3) is 0 Å². The van der Waals surface area contributed by atoms with Crippen LogP contribution in [0.2, 0.25) is 5.02 Å². The van der Waals surface area contributed by atoms with E-state index in [2.05, 4.69) is 10.0 Å². The van der Waals surface area contributed by atoms with Gasteiger partial charge in [-0.1, -0.05) is 16.7 Å². The SMILES string of the molecule is [N-]=[N+]=Nc1cc(F)cc(Cl)c1. The lowest BCUT2D eigenvalue weighted by atomic mass is 10.3. The Labute approximate surface area is 67.0 Å². The van der Waals surface area contributed by atoms with Gasteiger partial charge < -0.3 is 0 Å². The molecule has 0 spiro atoms. The second kappa shape index (κ2) is 3.23. The topological polar surface area (TPSA) is 48.8 Å². The van der Waals surface area contributed by atoms with Crippen molar-refractivity contribution in [3.8, 4) is 0 Å². The van der Waals surface area contributed by atoms with E-state index in [4.69, 9.17) is 17.1 Å². The molecule has 11 heavy (non-hydrogen) atoms. The lowest BCUT2D eigenvalue weighted by Gasteiger charge is -1.92. The van der Waals surface area contributed by atoms with Crippen LogP contribution in [0.4, 0.5) is 10.1 Å². The van der Waals surface area contributed by atoms with E-state index in [1.54, 1.807) is 0 Å². The highest BCUT2D eigenvalue weighted by Crippen LogP contribution is 2.20. The number of benzene rings is 1. The van der Waals surface area contributed by atoms with E-state index < -0.39 is 5.82 Å². The van der Waals surface area contributed by atoms with Gasteiger partial charge in [-0.2, -0.15) is 0 Å². The molecule has 0 aromatic heterocycles. The summed E-state index contributed by atoms with van der Waals surface area (Å²) in [6.07, 6.45) is 0. The van der Waals surface area contributed by atoms with Gasteiger partial charge in [-0.15, -0.1) is 0 Å². The summed E-state index contributed by atoms with van der Waals surface area (Å²) in [4.78, 5) is 2.49. The molecular formula is C6H3ClFN3. The van der Waals surface area contributed by atoms with Gasteiger partial charge in [-0.05, 0) is 23.7 Å². The summed E-state index contributed by atoms with van der Waals surface area (Å²) in [6, 6.07) is 3.62. The Hall–Kier alpha value is -1.25. The number of rotatable bonds is 1. The molecular weight excluding hydrogens is 169 g/mol. The van der Waals surface area contributed by atoms with Gasteiger partial charge in [-0.25, -0.2) is 4.39 Å². The molecule has 0 saturated carbocycles. The Bertz CT molecular complexity index is 299. The number of azide groups is 1. The first-order valence-corrected chi connectivity index (χ1v) is 3.11. The zero-order valence-electron chi connectivity index (χ0n) is 5.33. The molecule has 0 radical (unpaired) electrons. The van der Waals surface area contributed by atoms with Crippen molar-refractivity contribution in [2.24, 2.45) is 5.11 Å². The molecule has 0 aliphatic heterocycles. The molecule has 0 fully saturated rings. The van der Waals surface area contributed by atoms with Crippen LogP contribution < -0.4 is 0 Å². The van der Waals surface area contributed by atoms with Crippen LogP contribution in [-0.4, -0.2) is 0 Å². The summed E-state index contributed by atoms with van der Waals surface area (Å²) in [7, 11) is 0. The van der Waals surface area contributed by atoms with Crippen LogP contribution in [0.15, 0.2) is 23.3 Å². The second-order valence-electron chi connectivity index (χ2n) is 1.82. The Morgan fingerprint density at radius 2 is 2.18 bits per heavy atom. The monoisotopic (exact) mass is 171 g/mol. The number of halogens is 2. The van der Waals surface area contributed by atoms with Crippen molar-refractivity contribution < 1.29 is 4.39 Å². The van der Waals surface area contributed by atoms with Crippen LogP contribution in [0.1, 0.15) is 0 Å². The third kappa shape index (κ3) is 2.11. The van der Waals surface area contributed by atoms with E-state index >= 15 is 0 Å². The summed E-state index contributed by atoms with van der Waals surface area (Å²) in [5.74, 6) is -0.514. The fourth-order valence-electron chi connectivity index (χ4n) is 0.649. The van der Waals surface area contributed by atoms with Crippen molar-refractivity contribution in [2.75, 3.05) is 0 Å². The lowest BCUT2D eigenvalue weighted by molar-refractivity contribution is 0.628. The number of hydrogen-bond donors (Lipinski definition) is 0. The molecule has 0 saturated heterocycles. The van der Waals surface area contributed by atoms with E-state index in [1.807, 2.05) is 0 Å². The van der Waals surface area contributed by atoms with Gasteiger partial charge in [0.05, 0.1) is 0 Å². The fourth-order valence-corrected chi connectivity index (χ4v) is 0.865. The van der Waals surface area contributed by atoms with Crippen molar-refractivity contribution >= 4 is 17.3 Å². The van der Waals surface area contributed by atoms with Gasteiger partial charge in [0.15, 0.2) is 0 Å². The Morgan fingerprint density at radius 3 is 2.73 bits per heavy atom. The van der Waals surface area contributed by atoms with E-state index in [-0.39, 0.29) is 10.7 Å². The average Bonchev–Trinajstić information content (AvgIpc) is 1.85. The Kier molecular flexibility index (Phi) is 2.31. The standard InChI is InChI=1S/C6H3ClFN3/c7-4-1-5(8)3-6(2-4)10-11-9/h1-3H. The van der Waals surface area contributed by atoms with E-state index in [0.29, 0.717) is 0 Å². The smallest absolute Gasteiger partial charge is 0.125 e. The van der Waals surface area contributed by atoms with Gasteiger partial charge in [0, 0.05) is 15.6 Å². The van der Waals surface area contributed by atoms with Crippen molar-refractivity contribution in [1.82, 2.24) is 0 Å². The first kappa shape index (κ1) is 7.85. The first-order valence-electron chi connectivity index (χ1n) is 2.73. The summed E-state index contributed by atoms with van der Waals surface area (Å²) >= 11 is 5.46. The molecule has 5 heteroatoms. The number of nitrogens with zero attached hydrogens (tertiary/aromatic N) is 3. The Balaban J connectivity index is 3.18. The van der Waals surface area contributed by atoms with Crippen LogP contribution in [0, 0.1) is 5.82 Å². The van der Waals surface area contributed by atoms with Crippen LogP contribution in [0.5, 0.6) is 0 Å². The molecule has 56 valence electrons. The Morgan fingerprint density at radius 1 is 1.45 bits per heavy atom. The number of hydrogen-bond acceptors (Lipinski definition) is 1. The van der Waals surface area contributed by atoms with Crippen molar-refractivity contribution in [3.05, 3.63) is 39.5 Å². The van der Waals surface area contributed by atoms with E-state index in [0.717, 1.165) is 12.1 Å². The molecule has 1 aromatic carbocycles. The third-order valence-corrected chi connectivity index (χ3v) is 1.23. The summed E-state index contributed by atoms with van der Waals surface area (Å²) in [5, 5.41) is 3.40. The van der Waals surface area contributed by atoms with Crippen molar-refractivity contribution in [1.29, 1.82) is 0 Å². The normalized spacial score (nSPS) is 8.91. The fraction of sp³-hybridized carbons (Fsp3) is 0. The van der Waals surface area contributed by atoms with Crippen molar-refractivity contribution in [3.63, 3.8) is 0 Å². The molecule has 0 unspecified atom stereocenters. The highest BCUT2D eigenvalue weighted by atomic mass is 35.5. The van der Waals surface area contributed by atoms with Crippen LogP contribution in [0.3, 0.4) is 0 Å². The maximum absolute atomic E-state index is 12.5. The van der Waals surface area contributed by atoms with Gasteiger partial charge >= 0.3 is 0 Å². The lowest BCUT2D eigenvalue weighted by Crippen LogP contribution is -1.71. The minimum atomic E-state index is -0.514. The quantitative estimate of drug-likeness (QED) is 0.353. The summed E-state index contributed by atoms with van der Waals surface area (Å²) < 4.78 is 12.5. The molecule has 0 aliphatic rings. The van der Waals surface area contributed by atoms with E-state index in [1.165, 1.54) is 6.07 Å². The predicted octanol–water partition coefficient (Wildman–Crippen LogP) is 3.42. The molecule has 0 amide bonds. The maximum atomic E-state index is 12.5. The van der Waals surface area contributed by atoms with Crippen molar-refractivity contribution in [2.45, 2.75) is 0 Å². The first-order chi connectivity index (χ1) is 5.22. The second-order valence-corrected chi connectivity index (χ2v) is 2.25. The van der Waals surface area contributed by atoms with Crippen LogP contribution in [0.25, 0.3) is 10.4 Å². The molecule has 0 aliphatic carbocycles. The summed E-state index contributed by atoms with van der Waals surface area (Å²) in [6.45, 7) is 0. The maximum Gasteiger partial charge on any atom is 0.125 e. The predicted molar refractivity (Wildman–Crippen MR) is 40.2 cm³/mol. The molecule has 3 nitrogen and oxygen atoms in total. The zero-order chi connectivity index (χ0) is 8.27. The highest BCUT2D eigenvalue weighted by molar-refractivity contribution is 6.30. The molecule has 0 N–H and O–H groups in total.